The lowest BCUT2D eigenvalue weighted by molar-refractivity contribution is 0.340. The van der Waals surface area contributed by atoms with Gasteiger partial charge < -0.3 is 9.47 Å². The third-order valence-corrected chi connectivity index (χ3v) is 5.02. The largest absolute Gasteiger partial charge is 0.494 e. The lowest BCUT2D eigenvalue weighted by atomic mass is 10.0. The molecule has 0 saturated heterocycles. The summed E-state index contributed by atoms with van der Waals surface area (Å²) in [5, 5.41) is 9.53. The first-order valence-corrected chi connectivity index (χ1v) is 10.6. The van der Waals surface area contributed by atoms with E-state index in [0.717, 1.165) is 46.2 Å². The smallest absolute Gasteiger partial charge is 0.209 e. The van der Waals surface area contributed by atoms with Crippen molar-refractivity contribution in [2.45, 2.75) is 32.3 Å². The fourth-order valence-electron chi connectivity index (χ4n) is 2.71. The SMILES string of the molecule is CCCSc1nnc(-c2ccc(OCC)cc2)c(-c2ccc(OCC)cc2)n1. The quantitative estimate of drug-likeness (QED) is 0.446. The van der Waals surface area contributed by atoms with Crippen molar-refractivity contribution in [2.24, 2.45) is 0 Å². The summed E-state index contributed by atoms with van der Waals surface area (Å²) in [6, 6.07) is 15.8. The van der Waals surface area contributed by atoms with E-state index in [1.165, 1.54) is 0 Å². The van der Waals surface area contributed by atoms with Crippen LogP contribution in [0.4, 0.5) is 0 Å². The molecule has 2 aromatic carbocycles. The first-order valence-electron chi connectivity index (χ1n) is 9.59. The molecule has 0 spiro atoms. The monoisotopic (exact) mass is 395 g/mol. The van der Waals surface area contributed by atoms with Crippen LogP contribution in [0, 0.1) is 0 Å². The minimum absolute atomic E-state index is 0.640. The molecule has 0 aliphatic heterocycles. The average Bonchev–Trinajstić information content (AvgIpc) is 2.74. The zero-order valence-corrected chi connectivity index (χ0v) is 17.3. The van der Waals surface area contributed by atoms with E-state index in [2.05, 4.69) is 17.1 Å². The van der Waals surface area contributed by atoms with Gasteiger partial charge in [0.05, 0.1) is 13.2 Å². The Hall–Kier alpha value is -2.60. The number of rotatable bonds is 9. The Labute approximate surface area is 170 Å². The highest BCUT2D eigenvalue weighted by Crippen LogP contribution is 2.32. The fourth-order valence-corrected chi connectivity index (χ4v) is 3.35. The van der Waals surface area contributed by atoms with Crippen LogP contribution < -0.4 is 9.47 Å². The van der Waals surface area contributed by atoms with E-state index >= 15 is 0 Å². The standard InChI is InChI=1S/C22H25N3O2S/c1-4-15-28-22-23-20(16-7-11-18(12-8-16)26-5-2)21(24-25-22)17-9-13-19(14-10-17)27-6-3/h7-14H,4-6,15H2,1-3H3. The Bertz CT molecular complexity index is 883. The van der Waals surface area contributed by atoms with Crippen molar-refractivity contribution >= 4 is 11.8 Å². The highest BCUT2D eigenvalue weighted by Gasteiger charge is 2.14. The van der Waals surface area contributed by atoms with Crippen molar-refractivity contribution < 1.29 is 9.47 Å². The molecule has 28 heavy (non-hydrogen) atoms. The van der Waals surface area contributed by atoms with E-state index in [1.807, 2.05) is 62.4 Å². The van der Waals surface area contributed by atoms with E-state index in [4.69, 9.17) is 14.5 Å². The number of nitrogens with zero attached hydrogens (tertiary/aromatic N) is 3. The average molecular weight is 396 g/mol. The van der Waals surface area contributed by atoms with Gasteiger partial charge >= 0.3 is 0 Å². The van der Waals surface area contributed by atoms with E-state index in [-0.39, 0.29) is 0 Å². The minimum Gasteiger partial charge on any atom is -0.494 e. The number of hydrogen-bond donors (Lipinski definition) is 0. The van der Waals surface area contributed by atoms with Gasteiger partial charge in [-0.3, -0.25) is 0 Å². The molecule has 0 unspecified atom stereocenters. The molecule has 5 nitrogen and oxygen atoms in total. The van der Waals surface area contributed by atoms with E-state index in [1.54, 1.807) is 11.8 Å². The maximum atomic E-state index is 5.56. The molecule has 0 aliphatic carbocycles. The van der Waals surface area contributed by atoms with Gasteiger partial charge in [0.1, 0.15) is 22.9 Å². The lowest BCUT2D eigenvalue weighted by Crippen LogP contribution is -2.00. The number of ether oxygens (including phenoxy) is 2. The molecule has 0 amide bonds. The number of aromatic nitrogens is 3. The van der Waals surface area contributed by atoms with Gasteiger partial charge in [-0.15, -0.1) is 10.2 Å². The number of thioether (sulfide) groups is 1. The minimum atomic E-state index is 0.640. The van der Waals surface area contributed by atoms with Crippen molar-refractivity contribution in [2.75, 3.05) is 19.0 Å². The third-order valence-electron chi connectivity index (χ3n) is 3.98. The van der Waals surface area contributed by atoms with Crippen molar-refractivity contribution in [3.63, 3.8) is 0 Å². The number of hydrogen-bond acceptors (Lipinski definition) is 6. The normalized spacial score (nSPS) is 10.7. The molecular weight excluding hydrogens is 370 g/mol. The molecule has 0 saturated carbocycles. The predicted octanol–water partition coefficient (Wildman–Crippen LogP) is 5.51. The second-order valence-electron chi connectivity index (χ2n) is 6.05. The van der Waals surface area contributed by atoms with Gasteiger partial charge in [0.2, 0.25) is 5.16 Å². The maximum Gasteiger partial charge on any atom is 0.209 e. The van der Waals surface area contributed by atoms with Crippen LogP contribution in [0.25, 0.3) is 22.5 Å². The Balaban J connectivity index is 2.00. The van der Waals surface area contributed by atoms with Gasteiger partial charge in [-0.2, -0.15) is 0 Å². The summed E-state index contributed by atoms with van der Waals surface area (Å²) in [5.41, 5.74) is 3.52. The van der Waals surface area contributed by atoms with Gasteiger partial charge in [0.25, 0.3) is 0 Å². The molecule has 0 atom stereocenters. The van der Waals surface area contributed by atoms with Crippen LogP contribution >= 0.6 is 11.8 Å². The molecule has 1 heterocycles. The van der Waals surface area contributed by atoms with Crippen LogP contribution in [-0.2, 0) is 0 Å². The van der Waals surface area contributed by atoms with E-state index < -0.39 is 0 Å². The lowest BCUT2D eigenvalue weighted by Gasteiger charge is -2.11. The summed E-state index contributed by atoms with van der Waals surface area (Å²) in [6.07, 6.45) is 1.06. The Morgan fingerprint density at radius 3 is 1.75 bits per heavy atom. The van der Waals surface area contributed by atoms with Crippen LogP contribution in [0.1, 0.15) is 27.2 Å². The summed E-state index contributed by atoms with van der Waals surface area (Å²) in [4.78, 5) is 4.81. The highest BCUT2D eigenvalue weighted by molar-refractivity contribution is 7.99. The third kappa shape index (κ3) is 5.01. The summed E-state index contributed by atoms with van der Waals surface area (Å²) in [5.74, 6) is 2.65. The van der Waals surface area contributed by atoms with Crippen LogP contribution in [0.5, 0.6) is 11.5 Å². The first kappa shape index (κ1) is 20.1. The second-order valence-corrected chi connectivity index (χ2v) is 7.12. The molecule has 0 fully saturated rings. The zero-order valence-electron chi connectivity index (χ0n) is 16.5. The van der Waals surface area contributed by atoms with Crippen LogP contribution in [0.3, 0.4) is 0 Å². The second kappa shape index (κ2) is 10.1. The predicted molar refractivity (Wildman–Crippen MR) is 114 cm³/mol. The Kier molecular flexibility index (Phi) is 7.25. The summed E-state index contributed by atoms with van der Waals surface area (Å²) < 4.78 is 11.1. The molecule has 0 bridgehead atoms. The summed E-state index contributed by atoms with van der Waals surface area (Å²) in [6.45, 7) is 7.37. The topological polar surface area (TPSA) is 57.1 Å². The summed E-state index contributed by atoms with van der Waals surface area (Å²) >= 11 is 1.62. The Morgan fingerprint density at radius 2 is 1.25 bits per heavy atom. The molecular formula is C22H25N3O2S. The Morgan fingerprint density at radius 1 is 0.714 bits per heavy atom. The van der Waals surface area contributed by atoms with Crippen LogP contribution in [0.15, 0.2) is 53.7 Å². The van der Waals surface area contributed by atoms with Gasteiger partial charge in [-0.05, 0) is 68.8 Å². The van der Waals surface area contributed by atoms with Gasteiger partial charge in [-0.25, -0.2) is 4.98 Å². The molecule has 0 N–H and O–H groups in total. The molecule has 6 heteroatoms. The van der Waals surface area contributed by atoms with Gasteiger partial charge in [0, 0.05) is 16.9 Å². The molecule has 1 aromatic heterocycles. The fraction of sp³-hybridized carbons (Fsp3) is 0.318. The number of benzene rings is 2. The van der Waals surface area contributed by atoms with Crippen molar-refractivity contribution in [3.05, 3.63) is 48.5 Å². The summed E-state index contributed by atoms with van der Waals surface area (Å²) in [7, 11) is 0. The molecule has 3 aromatic rings. The first-order chi connectivity index (χ1) is 13.7. The molecule has 0 radical (unpaired) electrons. The maximum absolute atomic E-state index is 5.56. The molecule has 0 aliphatic rings. The molecule has 3 rings (SSSR count). The molecule has 146 valence electrons. The van der Waals surface area contributed by atoms with Crippen molar-refractivity contribution in [1.82, 2.24) is 15.2 Å². The van der Waals surface area contributed by atoms with Crippen molar-refractivity contribution in [1.29, 1.82) is 0 Å². The highest BCUT2D eigenvalue weighted by atomic mass is 32.2. The van der Waals surface area contributed by atoms with Gasteiger partial charge in [-0.1, -0.05) is 18.7 Å². The van der Waals surface area contributed by atoms with E-state index in [9.17, 15) is 0 Å². The van der Waals surface area contributed by atoms with Crippen LogP contribution in [-0.4, -0.2) is 34.1 Å². The van der Waals surface area contributed by atoms with E-state index in [0.29, 0.717) is 18.4 Å². The van der Waals surface area contributed by atoms with Crippen LogP contribution in [0.2, 0.25) is 0 Å². The zero-order chi connectivity index (χ0) is 19.8. The van der Waals surface area contributed by atoms with Gasteiger partial charge in [0.15, 0.2) is 0 Å². The van der Waals surface area contributed by atoms with Crippen molar-refractivity contribution in [3.8, 4) is 34.0 Å².